The summed E-state index contributed by atoms with van der Waals surface area (Å²) in [6.45, 7) is 0.916. The van der Waals surface area contributed by atoms with Crippen LogP contribution in [0.15, 0.2) is 24.4 Å². The molecule has 25 heavy (non-hydrogen) atoms. The minimum atomic E-state index is 0.429. The molecule has 2 unspecified atom stereocenters. The standard InChI is InChI=1S/C19H24N6/c1-21-18-12-17-16(4-2-8-22-17)19(24-18)23-13-10-14-5-6-15(11-13)25(14)9-3-7-20/h2,4,8,12-15H,3,5-6,9-11H2,1H3,(H2,21,23,24). The van der Waals surface area contributed by atoms with E-state index in [-0.39, 0.29) is 0 Å². The molecule has 2 fully saturated rings. The molecule has 2 saturated heterocycles. The lowest BCUT2D eigenvalue weighted by Crippen LogP contribution is -2.47. The SMILES string of the molecule is CNc1cc2ncccc2c(NC2CC3CCC(C2)N3CCC#N)n1. The van der Waals surface area contributed by atoms with Crippen molar-refractivity contribution in [2.45, 2.75) is 50.2 Å². The average Bonchev–Trinajstić information content (AvgIpc) is 2.88. The summed E-state index contributed by atoms with van der Waals surface area (Å²) in [5.41, 5.74) is 0.957. The number of aromatic nitrogens is 2. The summed E-state index contributed by atoms with van der Waals surface area (Å²) in [6, 6.07) is 9.93. The molecule has 2 aliphatic rings. The zero-order valence-corrected chi connectivity index (χ0v) is 14.6. The summed E-state index contributed by atoms with van der Waals surface area (Å²) in [5.74, 6) is 1.76. The van der Waals surface area contributed by atoms with Crippen LogP contribution in [0.1, 0.15) is 32.1 Å². The third-order valence-corrected chi connectivity index (χ3v) is 5.56. The summed E-state index contributed by atoms with van der Waals surface area (Å²) >= 11 is 0. The number of hydrogen-bond acceptors (Lipinski definition) is 6. The lowest BCUT2D eigenvalue weighted by molar-refractivity contribution is 0.136. The first-order valence-electron chi connectivity index (χ1n) is 9.11. The van der Waals surface area contributed by atoms with Crippen LogP contribution in [0.3, 0.4) is 0 Å². The van der Waals surface area contributed by atoms with Crippen LogP contribution in [0.5, 0.6) is 0 Å². The fourth-order valence-corrected chi connectivity index (χ4v) is 4.44. The van der Waals surface area contributed by atoms with Crippen LogP contribution >= 0.6 is 0 Å². The normalized spacial score (nSPS) is 25.7. The maximum Gasteiger partial charge on any atom is 0.138 e. The monoisotopic (exact) mass is 336 g/mol. The van der Waals surface area contributed by atoms with Gasteiger partial charge in [0.05, 0.1) is 11.6 Å². The molecule has 6 nitrogen and oxygen atoms in total. The van der Waals surface area contributed by atoms with Crippen molar-refractivity contribution in [3.8, 4) is 6.07 Å². The fourth-order valence-electron chi connectivity index (χ4n) is 4.44. The molecule has 4 heterocycles. The minimum absolute atomic E-state index is 0.429. The molecule has 6 heteroatoms. The highest BCUT2D eigenvalue weighted by atomic mass is 15.2. The lowest BCUT2D eigenvalue weighted by atomic mass is 9.97. The van der Waals surface area contributed by atoms with Gasteiger partial charge < -0.3 is 10.6 Å². The summed E-state index contributed by atoms with van der Waals surface area (Å²) < 4.78 is 0. The van der Waals surface area contributed by atoms with Gasteiger partial charge in [-0.25, -0.2) is 4.98 Å². The van der Waals surface area contributed by atoms with E-state index in [9.17, 15) is 0 Å². The van der Waals surface area contributed by atoms with Gasteiger partial charge in [-0.05, 0) is 37.8 Å². The molecule has 2 aliphatic heterocycles. The van der Waals surface area contributed by atoms with E-state index in [4.69, 9.17) is 10.2 Å². The number of hydrogen-bond donors (Lipinski definition) is 2. The third kappa shape index (κ3) is 3.12. The van der Waals surface area contributed by atoms with Crippen LogP contribution in [-0.2, 0) is 0 Å². The topological polar surface area (TPSA) is 76.9 Å². The van der Waals surface area contributed by atoms with Gasteiger partial charge in [0.25, 0.3) is 0 Å². The van der Waals surface area contributed by atoms with E-state index in [0.717, 1.165) is 41.9 Å². The van der Waals surface area contributed by atoms with Crippen LogP contribution in [0.4, 0.5) is 11.6 Å². The fraction of sp³-hybridized carbons (Fsp3) is 0.526. The van der Waals surface area contributed by atoms with Crippen LogP contribution < -0.4 is 10.6 Å². The Morgan fingerprint density at radius 1 is 1.32 bits per heavy atom. The van der Waals surface area contributed by atoms with E-state index >= 15 is 0 Å². The van der Waals surface area contributed by atoms with Crippen molar-refractivity contribution in [3.05, 3.63) is 24.4 Å². The smallest absolute Gasteiger partial charge is 0.138 e. The van der Waals surface area contributed by atoms with Gasteiger partial charge in [-0.2, -0.15) is 5.26 Å². The van der Waals surface area contributed by atoms with Gasteiger partial charge in [0.2, 0.25) is 0 Å². The molecule has 2 aromatic heterocycles. The molecule has 0 saturated carbocycles. The molecule has 2 N–H and O–H groups in total. The molecule has 2 aromatic rings. The van der Waals surface area contributed by atoms with Crippen LogP contribution in [0.2, 0.25) is 0 Å². The lowest BCUT2D eigenvalue weighted by Gasteiger charge is -2.39. The molecular formula is C19H24N6. The van der Waals surface area contributed by atoms with Crippen LogP contribution in [0, 0.1) is 11.3 Å². The number of nitrogens with zero attached hydrogens (tertiary/aromatic N) is 4. The highest BCUT2D eigenvalue weighted by Gasteiger charge is 2.40. The van der Waals surface area contributed by atoms with Gasteiger partial charge in [-0.15, -0.1) is 0 Å². The maximum absolute atomic E-state index is 8.88. The van der Waals surface area contributed by atoms with Crippen molar-refractivity contribution in [1.29, 1.82) is 5.26 Å². The van der Waals surface area contributed by atoms with Crippen molar-refractivity contribution in [3.63, 3.8) is 0 Å². The van der Waals surface area contributed by atoms with E-state index in [2.05, 4.69) is 32.7 Å². The number of nitrogens with one attached hydrogen (secondary N) is 2. The molecule has 0 aliphatic carbocycles. The Balaban J connectivity index is 1.54. The second-order valence-electron chi connectivity index (χ2n) is 7.02. The average molecular weight is 336 g/mol. The summed E-state index contributed by atoms with van der Waals surface area (Å²) in [4.78, 5) is 11.8. The van der Waals surface area contributed by atoms with Crippen LogP contribution in [0.25, 0.3) is 10.9 Å². The molecule has 0 amide bonds. The number of pyridine rings is 2. The quantitative estimate of drug-likeness (QED) is 0.874. The van der Waals surface area contributed by atoms with Crippen molar-refractivity contribution >= 4 is 22.5 Å². The molecule has 0 spiro atoms. The molecule has 2 atom stereocenters. The summed E-state index contributed by atoms with van der Waals surface area (Å²) in [6.07, 6.45) is 7.19. The Kier molecular flexibility index (Phi) is 4.41. The van der Waals surface area contributed by atoms with Crippen molar-refractivity contribution < 1.29 is 0 Å². The molecule has 0 aromatic carbocycles. The molecule has 0 radical (unpaired) electrons. The number of piperidine rings is 1. The second kappa shape index (κ2) is 6.85. The van der Waals surface area contributed by atoms with Crippen molar-refractivity contribution in [1.82, 2.24) is 14.9 Å². The predicted octanol–water partition coefficient (Wildman–Crippen LogP) is 2.99. The zero-order valence-electron chi connectivity index (χ0n) is 14.6. The number of anilines is 2. The molecule has 130 valence electrons. The van der Waals surface area contributed by atoms with E-state index in [1.54, 1.807) is 0 Å². The summed E-state index contributed by atoms with van der Waals surface area (Å²) in [5, 5.41) is 16.8. The number of fused-ring (bicyclic) bond motifs is 3. The Hall–Kier alpha value is -2.39. The molecule has 2 bridgehead atoms. The first kappa shape index (κ1) is 16.1. The van der Waals surface area contributed by atoms with E-state index in [1.807, 2.05) is 25.4 Å². The van der Waals surface area contributed by atoms with Gasteiger partial charge in [-0.1, -0.05) is 0 Å². The highest BCUT2D eigenvalue weighted by molar-refractivity contribution is 5.91. The zero-order chi connectivity index (χ0) is 17.2. The Labute approximate surface area is 148 Å². The van der Waals surface area contributed by atoms with Crippen molar-refractivity contribution in [2.75, 3.05) is 24.2 Å². The first-order chi connectivity index (χ1) is 12.3. The van der Waals surface area contributed by atoms with E-state index in [1.165, 1.54) is 12.8 Å². The third-order valence-electron chi connectivity index (χ3n) is 5.56. The predicted molar refractivity (Wildman–Crippen MR) is 99.5 cm³/mol. The minimum Gasteiger partial charge on any atom is -0.373 e. The van der Waals surface area contributed by atoms with Crippen LogP contribution in [-0.4, -0.2) is 46.6 Å². The van der Waals surface area contributed by atoms with E-state index in [0.29, 0.717) is 24.5 Å². The second-order valence-corrected chi connectivity index (χ2v) is 7.02. The van der Waals surface area contributed by atoms with E-state index < -0.39 is 0 Å². The molecular weight excluding hydrogens is 312 g/mol. The highest BCUT2D eigenvalue weighted by Crippen LogP contribution is 2.37. The Morgan fingerprint density at radius 3 is 2.84 bits per heavy atom. The maximum atomic E-state index is 8.88. The Morgan fingerprint density at radius 2 is 2.12 bits per heavy atom. The van der Waals surface area contributed by atoms with Gasteiger partial charge in [0, 0.05) is 55.8 Å². The Bertz CT molecular complexity index is 784. The van der Waals surface area contributed by atoms with Gasteiger partial charge >= 0.3 is 0 Å². The summed E-state index contributed by atoms with van der Waals surface area (Å²) in [7, 11) is 1.88. The van der Waals surface area contributed by atoms with Gasteiger partial charge in [0.15, 0.2) is 0 Å². The largest absolute Gasteiger partial charge is 0.373 e. The number of nitriles is 1. The van der Waals surface area contributed by atoms with Gasteiger partial charge in [-0.3, -0.25) is 9.88 Å². The first-order valence-corrected chi connectivity index (χ1v) is 9.11. The van der Waals surface area contributed by atoms with Gasteiger partial charge in [0.1, 0.15) is 11.6 Å². The molecule has 4 rings (SSSR count). The number of rotatable bonds is 5. The van der Waals surface area contributed by atoms with Crippen molar-refractivity contribution in [2.24, 2.45) is 0 Å².